The van der Waals surface area contributed by atoms with E-state index in [1.54, 1.807) is 22.9 Å². The molecule has 0 amide bonds. The van der Waals surface area contributed by atoms with E-state index in [4.69, 9.17) is 19.3 Å². The van der Waals surface area contributed by atoms with E-state index < -0.39 is 5.97 Å². The molecule has 34 heavy (non-hydrogen) atoms. The molecule has 0 spiro atoms. The zero-order valence-electron chi connectivity index (χ0n) is 18.5. The molecule has 7 heteroatoms. The van der Waals surface area contributed by atoms with Crippen molar-refractivity contribution in [3.05, 3.63) is 90.1 Å². The van der Waals surface area contributed by atoms with Crippen molar-refractivity contribution in [2.24, 2.45) is 0 Å². The monoisotopic (exact) mass is 454 g/mol. The number of ether oxygens (including phenoxy) is 3. The second kappa shape index (κ2) is 9.15. The van der Waals surface area contributed by atoms with Crippen LogP contribution in [0.3, 0.4) is 0 Å². The number of carboxylic acid groups (broad SMARTS) is 1. The Hall–Kier alpha value is -4.52. The van der Waals surface area contributed by atoms with Gasteiger partial charge in [0, 0.05) is 5.56 Å². The molecule has 4 aromatic rings. The minimum absolute atomic E-state index is 0.161. The van der Waals surface area contributed by atoms with E-state index in [2.05, 4.69) is 0 Å². The number of hydrogen-bond donors (Lipinski definition) is 1. The van der Waals surface area contributed by atoms with E-state index in [-0.39, 0.29) is 12.4 Å². The quantitative estimate of drug-likeness (QED) is 0.382. The van der Waals surface area contributed by atoms with Gasteiger partial charge in [0.15, 0.2) is 11.5 Å². The molecule has 0 atom stereocenters. The van der Waals surface area contributed by atoms with Gasteiger partial charge in [-0.3, -0.25) is 0 Å². The van der Waals surface area contributed by atoms with Crippen LogP contribution in [0.2, 0.25) is 0 Å². The second-order valence-electron chi connectivity index (χ2n) is 7.59. The molecule has 0 aliphatic carbocycles. The largest absolute Gasteiger partial charge is 0.494 e. The molecule has 0 saturated heterocycles. The summed E-state index contributed by atoms with van der Waals surface area (Å²) in [5.41, 5.74) is 3.74. The summed E-state index contributed by atoms with van der Waals surface area (Å²) < 4.78 is 18.3. The van der Waals surface area contributed by atoms with Gasteiger partial charge in [-0.2, -0.15) is 5.10 Å². The zero-order chi connectivity index (χ0) is 23.5. The predicted molar refractivity (Wildman–Crippen MR) is 128 cm³/mol. The summed E-state index contributed by atoms with van der Waals surface area (Å²) in [6.07, 6.45) is 1.58. The first kappa shape index (κ1) is 21.3. The number of carbonyl (C=O) groups is 1. The molecule has 0 saturated carbocycles. The Kier molecular flexibility index (Phi) is 5.74. The number of rotatable bonds is 7. The molecule has 1 aliphatic heterocycles. The number of benzene rings is 3. The van der Waals surface area contributed by atoms with Gasteiger partial charge in [0.2, 0.25) is 6.79 Å². The smallest absolute Gasteiger partial charge is 0.336 e. The van der Waals surface area contributed by atoms with Gasteiger partial charge in [-0.25, -0.2) is 9.48 Å². The molecule has 0 fully saturated rings. The number of fused-ring (bicyclic) bond motifs is 1. The van der Waals surface area contributed by atoms with Crippen LogP contribution in [0.1, 0.15) is 18.2 Å². The molecule has 170 valence electrons. The summed E-state index contributed by atoms with van der Waals surface area (Å²) in [4.78, 5) is 12.0. The van der Waals surface area contributed by atoms with Gasteiger partial charge in [0.05, 0.1) is 29.3 Å². The highest BCUT2D eigenvalue weighted by molar-refractivity contribution is 6.20. The highest BCUT2D eigenvalue weighted by atomic mass is 16.7. The van der Waals surface area contributed by atoms with Crippen LogP contribution in [0.15, 0.2) is 78.9 Å². The number of hydrogen-bond acceptors (Lipinski definition) is 5. The zero-order valence-corrected chi connectivity index (χ0v) is 18.5. The van der Waals surface area contributed by atoms with Gasteiger partial charge in [0.25, 0.3) is 0 Å². The molecule has 0 radical (unpaired) electrons. The minimum Gasteiger partial charge on any atom is -0.494 e. The Balaban J connectivity index is 1.63. The SMILES string of the molecule is CCOc1ccc(-n2nc(/C=C(/C(=O)O)c3ccccc3)cc2-c2ccc3c(c2)OCO3)cc1. The fourth-order valence-corrected chi connectivity index (χ4v) is 3.81. The highest BCUT2D eigenvalue weighted by Crippen LogP contribution is 2.37. The maximum absolute atomic E-state index is 12.0. The first-order valence-electron chi connectivity index (χ1n) is 10.9. The number of aliphatic carboxylic acids is 1. The fourth-order valence-electron chi connectivity index (χ4n) is 3.81. The summed E-state index contributed by atoms with van der Waals surface area (Å²) in [5, 5.41) is 14.6. The van der Waals surface area contributed by atoms with Crippen molar-refractivity contribution in [1.82, 2.24) is 9.78 Å². The molecule has 0 bridgehead atoms. The lowest BCUT2D eigenvalue weighted by Gasteiger charge is -2.09. The molecule has 3 aromatic carbocycles. The van der Waals surface area contributed by atoms with E-state index in [1.165, 1.54) is 0 Å². The summed E-state index contributed by atoms with van der Waals surface area (Å²) >= 11 is 0. The minimum atomic E-state index is -1.02. The van der Waals surface area contributed by atoms with Crippen LogP contribution in [0.5, 0.6) is 17.2 Å². The second-order valence-corrected chi connectivity index (χ2v) is 7.59. The van der Waals surface area contributed by atoms with Crippen LogP contribution >= 0.6 is 0 Å². The van der Waals surface area contributed by atoms with Crippen molar-refractivity contribution in [2.45, 2.75) is 6.92 Å². The fraction of sp³-hybridized carbons (Fsp3) is 0.111. The van der Waals surface area contributed by atoms with Gasteiger partial charge < -0.3 is 19.3 Å². The highest BCUT2D eigenvalue weighted by Gasteiger charge is 2.18. The predicted octanol–water partition coefficient (Wildman–Crippen LogP) is 5.29. The summed E-state index contributed by atoms with van der Waals surface area (Å²) in [6, 6.07) is 24.1. The van der Waals surface area contributed by atoms with Gasteiger partial charge in [-0.05, 0) is 67.1 Å². The lowest BCUT2D eigenvalue weighted by atomic mass is 10.0. The van der Waals surface area contributed by atoms with Crippen LogP contribution in [0.25, 0.3) is 28.6 Å². The Morgan fingerprint density at radius 3 is 2.53 bits per heavy atom. The van der Waals surface area contributed by atoms with Crippen LogP contribution < -0.4 is 14.2 Å². The first-order valence-corrected chi connectivity index (χ1v) is 10.9. The van der Waals surface area contributed by atoms with Crippen LogP contribution in [-0.4, -0.2) is 34.3 Å². The van der Waals surface area contributed by atoms with E-state index in [0.717, 1.165) is 22.7 Å². The lowest BCUT2D eigenvalue weighted by molar-refractivity contribution is -0.130. The number of carboxylic acids is 1. The van der Waals surface area contributed by atoms with E-state index in [9.17, 15) is 9.90 Å². The summed E-state index contributed by atoms with van der Waals surface area (Å²) in [5.74, 6) is 1.09. The van der Waals surface area contributed by atoms with Crippen molar-refractivity contribution in [3.63, 3.8) is 0 Å². The van der Waals surface area contributed by atoms with E-state index in [1.807, 2.05) is 73.7 Å². The third-order valence-corrected chi connectivity index (χ3v) is 5.40. The Labute approximate surface area is 196 Å². The molecular weight excluding hydrogens is 432 g/mol. The molecule has 1 N–H and O–H groups in total. The van der Waals surface area contributed by atoms with Crippen LogP contribution in [-0.2, 0) is 4.79 Å². The van der Waals surface area contributed by atoms with Gasteiger partial charge in [-0.15, -0.1) is 0 Å². The average Bonchev–Trinajstić information content (AvgIpc) is 3.50. The van der Waals surface area contributed by atoms with E-state index >= 15 is 0 Å². The number of aromatic nitrogens is 2. The topological polar surface area (TPSA) is 82.8 Å². The van der Waals surface area contributed by atoms with Crippen molar-refractivity contribution < 1.29 is 24.1 Å². The molecular formula is C27H22N2O5. The molecule has 1 aromatic heterocycles. The maximum atomic E-state index is 12.0. The van der Waals surface area contributed by atoms with Crippen LogP contribution in [0, 0.1) is 0 Å². The molecule has 7 nitrogen and oxygen atoms in total. The van der Waals surface area contributed by atoms with Gasteiger partial charge >= 0.3 is 5.97 Å². The summed E-state index contributed by atoms with van der Waals surface area (Å²) in [6.45, 7) is 2.70. The maximum Gasteiger partial charge on any atom is 0.336 e. The average molecular weight is 454 g/mol. The third kappa shape index (κ3) is 4.23. The normalized spacial score (nSPS) is 12.6. The number of nitrogens with zero attached hydrogens (tertiary/aromatic N) is 2. The van der Waals surface area contributed by atoms with Crippen molar-refractivity contribution in [1.29, 1.82) is 0 Å². The van der Waals surface area contributed by atoms with Crippen molar-refractivity contribution >= 4 is 17.6 Å². The molecule has 0 unspecified atom stereocenters. The Bertz CT molecular complexity index is 1360. The van der Waals surface area contributed by atoms with Crippen molar-refractivity contribution in [2.75, 3.05) is 13.4 Å². The Morgan fingerprint density at radius 2 is 1.79 bits per heavy atom. The van der Waals surface area contributed by atoms with Crippen molar-refractivity contribution in [3.8, 4) is 34.2 Å². The summed E-state index contributed by atoms with van der Waals surface area (Å²) in [7, 11) is 0. The van der Waals surface area contributed by atoms with Crippen LogP contribution in [0.4, 0.5) is 0 Å². The van der Waals surface area contributed by atoms with Gasteiger partial charge in [0.1, 0.15) is 5.75 Å². The van der Waals surface area contributed by atoms with E-state index in [0.29, 0.717) is 29.4 Å². The Morgan fingerprint density at radius 1 is 1.03 bits per heavy atom. The first-order chi connectivity index (χ1) is 16.6. The molecule has 1 aliphatic rings. The lowest BCUT2D eigenvalue weighted by Crippen LogP contribution is -2.01. The van der Waals surface area contributed by atoms with Gasteiger partial charge in [-0.1, -0.05) is 30.3 Å². The molecule has 2 heterocycles. The third-order valence-electron chi connectivity index (χ3n) is 5.40. The standard InChI is InChI=1S/C27H22N2O5/c1-2-32-22-11-9-21(10-12-22)29-24(19-8-13-25-26(14-19)34-17-33-25)16-20(28-29)15-23(27(30)31)18-6-4-3-5-7-18/h3-16H,2,17H2,1H3,(H,30,31)/b23-15+. The molecule has 5 rings (SSSR count).